The molecule has 1 aromatic carbocycles. The van der Waals surface area contributed by atoms with Crippen molar-refractivity contribution < 1.29 is 9.59 Å². The van der Waals surface area contributed by atoms with Crippen LogP contribution in [-0.4, -0.2) is 29.9 Å². The van der Waals surface area contributed by atoms with E-state index in [9.17, 15) is 9.59 Å². The number of halogens is 1. The van der Waals surface area contributed by atoms with Crippen molar-refractivity contribution in [3.8, 4) is 0 Å². The molecule has 0 aliphatic carbocycles. The Kier molecular flexibility index (Phi) is 5.91. The second-order valence-corrected chi connectivity index (χ2v) is 5.02. The summed E-state index contributed by atoms with van der Waals surface area (Å²) >= 11 is 6.00. The summed E-state index contributed by atoms with van der Waals surface area (Å²) < 4.78 is 0. The minimum absolute atomic E-state index is 0.135. The van der Waals surface area contributed by atoms with Gasteiger partial charge in [-0.15, -0.1) is 0 Å². The van der Waals surface area contributed by atoms with E-state index in [2.05, 4.69) is 15.6 Å². The van der Waals surface area contributed by atoms with E-state index in [1.54, 1.807) is 24.4 Å². The molecule has 0 spiro atoms. The van der Waals surface area contributed by atoms with E-state index in [1.165, 1.54) is 6.20 Å². The number of pyridine rings is 1. The van der Waals surface area contributed by atoms with Gasteiger partial charge < -0.3 is 10.6 Å². The van der Waals surface area contributed by atoms with Crippen LogP contribution in [0.5, 0.6) is 0 Å². The number of benzene rings is 1. The number of hydrogen-bond acceptors (Lipinski definition) is 3. The van der Waals surface area contributed by atoms with Gasteiger partial charge >= 0.3 is 0 Å². The highest BCUT2D eigenvalue weighted by Gasteiger charge is 2.07. The fraction of sp³-hybridized carbons (Fsp3) is 0.188. The van der Waals surface area contributed by atoms with Crippen LogP contribution in [0.2, 0.25) is 5.02 Å². The van der Waals surface area contributed by atoms with Gasteiger partial charge in [-0.3, -0.25) is 14.6 Å². The molecule has 0 aliphatic heterocycles. The molecule has 22 heavy (non-hydrogen) atoms. The van der Waals surface area contributed by atoms with E-state index >= 15 is 0 Å². The van der Waals surface area contributed by atoms with Crippen molar-refractivity contribution in [1.29, 1.82) is 0 Å². The Morgan fingerprint density at radius 3 is 2.55 bits per heavy atom. The zero-order valence-corrected chi connectivity index (χ0v) is 12.6. The van der Waals surface area contributed by atoms with E-state index in [0.717, 1.165) is 5.56 Å². The monoisotopic (exact) mass is 317 g/mol. The molecule has 2 amide bonds. The number of hydrogen-bond donors (Lipinski definition) is 2. The van der Waals surface area contributed by atoms with Gasteiger partial charge in [0.1, 0.15) is 0 Å². The van der Waals surface area contributed by atoms with Crippen LogP contribution in [0.1, 0.15) is 15.9 Å². The predicted octanol–water partition coefficient (Wildman–Crippen LogP) is 1.82. The van der Waals surface area contributed by atoms with Gasteiger partial charge in [0.05, 0.1) is 12.0 Å². The van der Waals surface area contributed by atoms with Gasteiger partial charge in [0.15, 0.2) is 0 Å². The van der Waals surface area contributed by atoms with E-state index in [-0.39, 0.29) is 18.2 Å². The number of nitrogens with one attached hydrogen (secondary N) is 2. The maximum atomic E-state index is 11.8. The van der Waals surface area contributed by atoms with Gasteiger partial charge in [-0.2, -0.15) is 0 Å². The summed E-state index contributed by atoms with van der Waals surface area (Å²) in [5, 5.41) is 6.02. The SMILES string of the molecule is O=C(Cc1ccccc1Cl)NCCNC(=O)c1cccnc1. The molecule has 0 bridgehead atoms. The van der Waals surface area contributed by atoms with Crippen molar-refractivity contribution in [3.63, 3.8) is 0 Å². The number of carbonyl (C=O) groups excluding carboxylic acids is 2. The summed E-state index contributed by atoms with van der Waals surface area (Å²) in [4.78, 5) is 27.4. The van der Waals surface area contributed by atoms with Crippen LogP contribution < -0.4 is 10.6 Å². The summed E-state index contributed by atoms with van der Waals surface area (Å²) in [6.07, 6.45) is 3.31. The van der Waals surface area contributed by atoms with Gasteiger partial charge in [0.2, 0.25) is 5.91 Å². The second kappa shape index (κ2) is 8.14. The van der Waals surface area contributed by atoms with Crippen LogP contribution in [0, 0.1) is 0 Å². The third kappa shape index (κ3) is 4.86. The van der Waals surface area contributed by atoms with E-state index in [4.69, 9.17) is 11.6 Å². The van der Waals surface area contributed by atoms with E-state index < -0.39 is 0 Å². The number of nitrogens with zero attached hydrogens (tertiary/aromatic N) is 1. The summed E-state index contributed by atoms with van der Waals surface area (Å²) in [6.45, 7) is 0.706. The first-order chi connectivity index (χ1) is 10.7. The first-order valence-corrected chi connectivity index (χ1v) is 7.23. The van der Waals surface area contributed by atoms with Crippen molar-refractivity contribution >= 4 is 23.4 Å². The zero-order valence-electron chi connectivity index (χ0n) is 11.9. The summed E-state index contributed by atoms with van der Waals surface area (Å²) in [5.41, 5.74) is 1.27. The molecule has 5 nitrogen and oxygen atoms in total. The minimum atomic E-state index is -0.214. The van der Waals surface area contributed by atoms with Crippen LogP contribution in [0.15, 0.2) is 48.8 Å². The molecule has 0 fully saturated rings. The third-order valence-corrected chi connectivity index (χ3v) is 3.33. The van der Waals surface area contributed by atoms with Crippen molar-refractivity contribution in [1.82, 2.24) is 15.6 Å². The molecule has 0 radical (unpaired) electrons. The molecule has 114 valence electrons. The normalized spacial score (nSPS) is 10.0. The molecule has 0 saturated heterocycles. The molecule has 6 heteroatoms. The lowest BCUT2D eigenvalue weighted by Crippen LogP contribution is -2.35. The Labute approximate surface area is 133 Å². The van der Waals surface area contributed by atoms with Crippen LogP contribution in [-0.2, 0) is 11.2 Å². The van der Waals surface area contributed by atoms with Crippen molar-refractivity contribution in [2.24, 2.45) is 0 Å². The fourth-order valence-electron chi connectivity index (χ4n) is 1.85. The topological polar surface area (TPSA) is 71.1 Å². The average molecular weight is 318 g/mol. The second-order valence-electron chi connectivity index (χ2n) is 4.62. The highest BCUT2D eigenvalue weighted by atomic mass is 35.5. The largest absolute Gasteiger partial charge is 0.354 e. The molecule has 2 N–H and O–H groups in total. The predicted molar refractivity (Wildman–Crippen MR) is 84.7 cm³/mol. The first kappa shape index (κ1) is 16.0. The smallest absolute Gasteiger partial charge is 0.252 e. The lowest BCUT2D eigenvalue weighted by atomic mass is 10.1. The summed E-state index contributed by atoms with van der Waals surface area (Å²) in [5.74, 6) is -0.350. The lowest BCUT2D eigenvalue weighted by Gasteiger charge is -2.08. The van der Waals surface area contributed by atoms with Crippen molar-refractivity contribution in [2.75, 3.05) is 13.1 Å². The van der Waals surface area contributed by atoms with Crippen LogP contribution in [0.25, 0.3) is 0 Å². The summed E-state index contributed by atoms with van der Waals surface area (Å²) in [6, 6.07) is 10.6. The van der Waals surface area contributed by atoms with Gasteiger partial charge in [0, 0.05) is 30.5 Å². The van der Waals surface area contributed by atoms with E-state index in [1.807, 2.05) is 18.2 Å². The summed E-state index contributed by atoms with van der Waals surface area (Å²) in [7, 11) is 0. The molecule has 0 unspecified atom stereocenters. The molecule has 0 atom stereocenters. The van der Waals surface area contributed by atoms with Gasteiger partial charge in [0.25, 0.3) is 5.91 Å². The van der Waals surface area contributed by atoms with Crippen molar-refractivity contribution in [3.05, 3.63) is 64.9 Å². The maximum absolute atomic E-state index is 11.8. The van der Waals surface area contributed by atoms with Gasteiger partial charge in [-0.1, -0.05) is 29.8 Å². The number of aromatic nitrogens is 1. The Balaban J connectivity index is 1.69. The Hall–Kier alpha value is -2.40. The van der Waals surface area contributed by atoms with Crippen LogP contribution in [0.3, 0.4) is 0 Å². The molecule has 0 aliphatic rings. The molecule has 1 heterocycles. The molecule has 0 saturated carbocycles. The zero-order chi connectivity index (χ0) is 15.8. The minimum Gasteiger partial charge on any atom is -0.354 e. The highest BCUT2D eigenvalue weighted by molar-refractivity contribution is 6.31. The Bertz CT molecular complexity index is 647. The number of carbonyl (C=O) groups is 2. The Morgan fingerprint density at radius 2 is 1.82 bits per heavy atom. The van der Waals surface area contributed by atoms with Gasteiger partial charge in [-0.25, -0.2) is 0 Å². The standard InChI is InChI=1S/C16H16ClN3O2/c17-14-6-2-1-4-12(14)10-15(21)19-8-9-20-16(22)13-5-3-7-18-11-13/h1-7,11H,8-10H2,(H,19,21)(H,20,22). The third-order valence-electron chi connectivity index (χ3n) is 2.97. The first-order valence-electron chi connectivity index (χ1n) is 6.85. The average Bonchev–Trinajstić information content (AvgIpc) is 2.54. The fourth-order valence-corrected chi connectivity index (χ4v) is 2.06. The van der Waals surface area contributed by atoms with Crippen molar-refractivity contribution in [2.45, 2.75) is 6.42 Å². The quantitative estimate of drug-likeness (QED) is 0.798. The lowest BCUT2D eigenvalue weighted by molar-refractivity contribution is -0.120. The molecular weight excluding hydrogens is 302 g/mol. The maximum Gasteiger partial charge on any atom is 0.252 e. The number of amides is 2. The molecule has 2 aromatic rings. The van der Waals surface area contributed by atoms with Gasteiger partial charge in [-0.05, 0) is 23.8 Å². The van der Waals surface area contributed by atoms with E-state index in [0.29, 0.717) is 23.7 Å². The van der Waals surface area contributed by atoms with Crippen LogP contribution in [0.4, 0.5) is 0 Å². The van der Waals surface area contributed by atoms with Crippen LogP contribution >= 0.6 is 11.6 Å². The number of rotatable bonds is 6. The molecule has 1 aromatic heterocycles. The highest BCUT2D eigenvalue weighted by Crippen LogP contribution is 2.14. The molecular formula is C16H16ClN3O2. The Morgan fingerprint density at radius 1 is 1.05 bits per heavy atom. The molecule has 2 rings (SSSR count).